The SMILES string of the molecule is CCCCN1c2cc(NS(=O)(=O)C(F)(F)F)c(N=Nc3nnc(C(=O)OCC)s3)cc2CCC1CC. The molecular weight excluding hydrogens is 521 g/mol. The lowest BCUT2D eigenvalue weighted by molar-refractivity contribution is -0.0429. The van der Waals surface area contributed by atoms with Gasteiger partial charge in [0.05, 0.1) is 12.3 Å². The van der Waals surface area contributed by atoms with E-state index in [1.54, 1.807) is 11.6 Å². The molecular formula is C21H27F3N6O4S2. The van der Waals surface area contributed by atoms with Crippen molar-refractivity contribution in [1.29, 1.82) is 0 Å². The maximum Gasteiger partial charge on any atom is 0.516 e. The molecule has 15 heteroatoms. The number of hydrogen-bond donors (Lipinski definition) is 1. The standard InChI is InChI=1S/C21H27F3N6O4S2/c1-4-7-10-30-14(5-2)9-8-13-11-15(16(12-17(13)30)29-36(32,33)21(22,23)24)25-27-20-28-26-18(35-20)19(31)34-6-3/h11-12,14,29H,4-10H2,1-3H3. The molecule has 2 aromatic rings. The molecule has 0 bridgehead atoms. The number of rotatable bonds is 10. The third-order valence-corrected chi connectivity index (χ3v) is 7.46. The van der Waals surface area contributed by atoms with Crippen molar-refractivity contribution < 1.29 is 31.1 Å². The average Bonchev–Trinajstić information content (AvgIpc) is 3.29. The molecule has 2 heterocycles. The second-order valence-electron chi connectivity index (χ2n) is 8.01. The Morgan fingerprint density at radius 3 is 2.64 bits per heavy atom. The number of nitrogens with zero attached hydrogens (tertiary/aromatic N) is 5. The molecule has 0 radical (unpaired) electrons. The molecule has 1 unspecified atom stereocenters. The Bertz CT molecular complexity index is 1220. The van der Waals surface area contributed by atoms with E-state index < -0.39 is 21.5 Å². The molecule has 1 N–H and O–H groups in total. The van der Waals surface area contributed by atoms with E-state index in [0.29, 0.717) is 18.7 Å². The summed E-state index contributed by atoms with van der Waals surface area (Å²) in [4.78, 5) is 13.9. The Labute approximate surface area is 211 Å². The number of fused-ring (bicyclic) bond motifs is 1. The average molecular weight is 549 g/mol. The lowest BCUT2D eigenvalue weighted by atomic mass is 9.93. The molecule has 0 aliphatic carbocycles. The normalized spacial score (nSPS) is 16.3. The Hall–Kier alpha value is -2.81. The van der Waals surface area contributed by atoms with E-state index in [4.69, 9.17) is 4.74 Å². The molecule has 198 valence electrons. The molecule has 0 amide bonds. The number of esters is 1. The first-order valence-electron chi connectivity index (χ1n) is 11.5. The Kier molecular flexibility index (Phi) is 8.87. The summed E-state index contributed by atoms with van der Waals surface area (Å²) in [6, 6.07) is 3.10. The van der Waals surface area contributed by atoms with Gasteiger partial charge in [-0.2, -0.15) is 21.6 Å². The molecule has 1 aromatic heterocycles. The van der Waals surface area contributed by atoms with Crippen LogP contribution in [0.5, 0.6) is 0 Å². The number of hydrogen-bond acceptors (Lipinski definition) is 10. The van der Waals surface area contributed by atoms with Gasteiger partial charge in [-0.05, 0) is 50.3 Å². The number of carbonyl (C=O) groups excluding carboxylic acids is 1. The van der Waals surface area contributed by atoms with Crippen molar-refractivity contribution in [3.8, 4) is 0 Å². The number of nitrogens with one attached hydrogen (secondary N) is 1. The largest absolute Gasteiger partial charge is 0.516 e. The van der Waals surface area contributed by atoms with Gasteiger partial charge < -0.3 is 9.64 Å². The summed E-state index contributed by atoms with van der Waals surface area (Å²) in [6.45, 7) is 6.54. The number of sulfonamides is 1. The van der Waals surface area contributed by atoms with Gasteiger partial charge in [0, 0.05) is 18.3 Å². The number of ether oxygens (including phenoxy) is 1. The first-order valence-corrected chi connectivity index (χ1v) is 13.8. The number of anilines is 2. The van der Waals surface area contributed by atoms with Gasteiger partial charge in [-0.3, -0.25) is 4.72 Å². The van der Waals surface area contributed by atoms with Crippen LogP contribution in [0.25, 0.3) is 0 Å². The van der Waals surface area contributed by atoms with Crippen LogP contribution in [-0.4, -0.2) is 49.3 Å². The number of aryl methyl sites for hydroxylation is 1. The first kappa shape index (κ1) is 27.8. The van der Waals surface area contributed by atoms with Gasteiger partial charge in [0.2, 0.25) is 5.01 Å². The number of azo groups is 1. The van der Waals surface area contributed by atoms with E-state index in [2.05, 4.69) is 25.3 Å². The second kappa shape index (κ2) is 11.5. The summed E-state index contributed by atoms with van der Waals surface area (Å²) >= 11 is 0.781. The van der Waals surface area contributed by atoms with E-state index in [1.807, 2.05) is 13.8 Å². The zero-order chi connectivity index (χ0) is 26.5. The third-order valence-electron chi connectivity index (χ3n) is 5.57. The summed E-state index contributed by atoms with van der Waals surface area (Å²) in [5.41, 5.74) is -4.49. The van der Waals surface area contributed by atoms with Crippen LogP contribution in [0.2, 0.25) is 0 Å². The monoisotopic (exact) mass is 548 g/mol. The van der Waals surface area contributed by atoms with E-state index in [1.165, 1.54) is 12.1 Å². The lowest BCUT2D eigenvalue weighted by Gasteiger charge is -2.39. The van der Waals surface area contributed by atoms with Crippen molar-refractivity contribution in [2.45, 2.75) is 64.4 Å². The molecule has 1 aliphatic heterocycles. The quantitative estimate of drug-likeness (QED) is 0.297. The van der Waals surface area contributed by atoms with Gasteiger partial charge in [-0.25, -0.2) is 4.79 Å². The minimum absolute atomic E-state index is 0.0454. The molecule has 10 nitrogen and oxygen atoms in total. The van der Waals surface area contributed by atoms with Crippen molar-refractivity contribution >= 4 is 49.5 Å². The Morgan fingerprint density at radius 2 is 2.00 bits per heavy atom. The van der Waals surface area contributed by atoms with Crippen molar-refractivity contribution in [3.05, 3.63) is 22.7 Å². The molecule has 3 rings (SSSR count). The number of alkyl halides is 3. The van der Waals surface area contributed by atoms with Crippen molar-refractivity contribution in [3.63, 3.8) is 0 Å². The number of unbranched alkanes of at least 4 members (excludes halogenated alkanes) is 1. The van der Waals surface area contributed by atoms with Gasteiger partial charge >= 0.3 is 21.5 Å². The van der Waals surface area contributed by atoms with E-state index >= 15 is 0 Å². The van der Waals surface area contributed by atoms with Gasteiger partial charge in [-0.15, -0.1) is 20.4 Å². The van der Waals surface area contributed by atoms with Crippen LogP contribution in [-0.2, 0) is 21.2 Å². The molecule has 1 aromatic carbocycles. The van der Waals surface area contributed by atoms with Crippen LogP contribution in [0.1, 0.15) is 61.8 Å². The number of carbonyl (C=O) groups is 1. The highest BCUT2D eigenvalue weighted by Gasteiger charge is 2.46. The van der Waals surface area contributed by atoms with Crippen molar-refractivity contribution in [2.24, 2.45) is 10.2 Å². The fourth-order valence-electron chi connectivity index (χ4n) is 3.81. The molecule has 1 aliphatic rings. The summed E-state index contributed by atoms with van der Waals surface area (Å²) in [7, 11) is -5.71. The van der Waals surface area contributed by atoms with Crippen LogP contribution in [0.4, 0.5) is 35.4 Å². The van der Waals surface area contributed by atoms with Crippen LogP contribution in [0, 0.1) is 0 Å². The topological polar surface area (TPSA) is 126 Å². The summed E-state index contributed by atoms with van der Waals surface area (Å²) in [5.74, 6) is -0.693. The van der Waals surface area contributed by atoms with E-state index in [-0.39, 0.29) is 34.2 Å². The smallest absolute Gasteiger partial charge is 0.461 e. The van der Waals surface area contributed by atoms with Gasteiger partial charge in [0.15, 0.2) is 0 Å². The fourth-order valence-corrected chi connectivity index (χ4v) is 4.94. The fraction of sp³-hybridized carbons (Fsp3) is 0.571. The van der Waals surface area contributed by atoms with E-state index in [9.17, 15) is 26.4 Å². The molecule has 0 fully saturated rings. The van der Waals surface area contributed by atoms with Crippen LogP contribution in [0.15, 0.2) is 22.4 Å². The number of benzene rings is 1. The van der Waals surface area contributed by atoms with Crippen LogP contribution in [0.3, 0.4) is 0 Å². The molecule has 1 atom stereocenters. The third kappa shape index (κ3) is 6.30. The minimum Gasteiger partial charge on any atom is -0.461 e. The van der Waals surface area contributed by atoms with Crippen LogP contribution < -0.4 is 9.62 Å². The summed E-state index contributed by atoms with van der Waals surface area (Å²) in [6.07, 6.45) is 4.14. The number of aromatic nitrogens is 2. The van der Waals surface area contributed by atoms with Crippen LogP contribution >= 0.6 is 11.3 Å². The van der Waals surface area contributed by atoms with Crippen molar-refractivity contribution in [2.75, 3.05) is 22.8 Å². The van der Waals surface area contributed by atoms with Gasteiger partial charge in [-0.1, -0.05) is 31.6 Å². The Balaban J connectivity index is 2.04. The maximum absolute atomic E-state index is 13.2. The van der Waals surface area contributed by atoms with Gasteiger partial charge in [0.1, 0.15) is 5.69 Å². The predicted octanol–water partition coefficient (Wildman–Crippen LogP) is 5.72. The summed E-state index contributed by atoms with van der Waals surface area (Å²) < 4.78 is 69.8. The maximum atomic E-state index is 13.2. The second-order valence-corrected chi connectivity index (χ2v) is 10.6. The molecule has 36 heavy (non-hydrogen) atoms. The predicted molar refractivity (Wildman–Crippen MR) is 130 cm³/mol. The first-order chi connectivity index (χ1) is 17.0. The minimum atomic E-state index is -5.71. The van der Waals surface area contributed by atoms with Gasteiger partial charge in [0.25, 0.3) is 5.13 Å². The highest BCUT2D eigenvalue weighted by Crippen LogP contribution is 2.41. The lowest BCUT2D eigenvalue weighted by Crippen LogP contribution is -2.39. The molecule has 0 saturated heterocycles. The zero-order valence-electron chi connectivity index (χ0n) is 20.0. The highest BCUT2D eigenvalue weighted by molar-refractivity contribution is 7.93. The summed E-state index contributed by atoms with van der Waals surface area (Å²) in [5, 5.41) is 15.1. The van der Waals surface area contributed by atoms with E-state index in [0.717, 1.165) is 42.6 Å². The molecule has 0 saturated carbocycles. The zero-order valence-corrected chi connectivity index (χ0v) is 21.6. The van der Waals surface area contributed by atoms with Crippen molar-refractivity contribution in [1.82, 2.24) is 10.2 Å². The highest BCUT2D eigenvalue weighted by atomic mass is 32.2. The number of halogens is 3. The molecule has 0 spiro atoms. The Morgan fingerprint density at radius 1 is 1.25 bits per heavy atom.